The van der Waals surface area contributed by atoms with E-state index in [9.17, 15) is 9.59 Å². The van der Waals surface area contributed by atoms with Crippen LogP contribution in [0.5, 0.6) is 0 Å². The topological polar surface area (TPSA) is 74.0 Å². The molecule has 3 rings (SSSR count). The van der Waals surface area contributed by atoms with Gasteiger partial charge in [-0.15, -0.1) is 12.4 Å². The molecule has 0 atom stereocenters. The Morgan fingerprint density at radius 1 is 1.22 bits per heavy atom. The molecule has 5 nitrogen and oxygen atoms in total. The summed E-state index contributed by atoms with van der Waals surface area (Å²) in [6.45, 7) is 0.786. The number of H-pyrrole nitrogens is 1. The number of amides is 1. The fourth-order valence-electron chi connectivity index (χ4n) is 2.82. The number of aromatic amines is 1. The number of aromatic nitrogens is 1. The minimum atomic E-state index is -0.242. The maximum Gasteiger partial charge on any atom is 0.257 e. The third-order valence-corrected chi connectivity index (χ3v) is 3.91. The lowest BCUT2D eigenvalue weighted by molar-refractivity contribution is 0.0956. The Balaban J connectivity index is 0.00000192. The van der Waals surface area contributed by atoms with Gasteiger partial charge in [0.05, 0.1) is 11.1 Å². The van der Waals surface area contributed by atoms with Crippen LogP contribution in [0.25, 0.3) is 0 Å². The fraction of sp³-hybridized carbons (Fsp3) is 0.294. The number of aryl methyl sites for hydroxylation is 1. The first-order chi connectivity index (χ1) is 10.7. The standard InChI is InChI=1S/C17H19N3O2.ClH/c1-18-9-11-5-7-12(8-6-11)20-17(22)13-10-19-14-3-2-4-15(21)16(13)14;/h5-8,10,18-19H,2-4,9H2,1H3,(H,20,22);1H. The molecule has 0 fully saturated rings. The van der Waals surface area contributed by atoms with Crippen LogP contribution < -0.4 is 10.6 Å². The van der Waals surface area contributed by atoms with Gasteiger partial charge in [0.15, 0.2) is 5.78 Å². The molecule has 6 heteroatoms. The Labute approximate surface area is 141 Å². The van der Waals surface area contributed by atoms with Crippen molar-refractivity contribution in [1.29, 1.82) is 0 Å². The van der Waals surface area contributed by atoms with E-state index in [2.05, 4.69) is 15.6 Å². The molecule has 1 heterocycles. The lowest BCUT2D eigenvalue weighted by Gasteiger charge is -2.12. The second kappa shape index (κ2) is 7.44. The van der Waals surface area contributed by atoms with Crippen molar-refractivity contribution in [1.82, 2.24) is 10.3 Å². The monoisotopic (exact) mass is 333 g/mol. The summed E-state index contributed by atoms with van der Waals surface area (Å²) in [6.07, 6.45) is 3.83. The highest BCUT2D eigenvalue weighted by Crippen LogP contribution is 2.24. The van der Waals surface area contributed by atoms with E-state index in [1.165, 1.54) is 0 Å². The first-order valence-electron chi connectivity index (χ1n) is 7.47. The van der Waals surface area contributed by atoms with Gasteiger partial charge in [0.2, 0.25) is 0 Å². The Morgan fingerprint density at radius 2 is 1.96 bits per heavy atom. The molecular weight excluding hydrogens is 314 g/mol. The van der Waals surface area contributed by atoms with Crippen LogP contribution in [0.1, 0.15) is 44.8 Å². The van der Waals surface area contributed by atoms with Crippen LogP contribution in [0, 0.1) is 0 Å². The van der Waals surface area contributed by atoms with Gasteiger partial charge in [-0.1, -0.05) is 12.1 Å². The molecule has 1 amide bonds. The van der Waals surface area contributed by atoms with Gasteiger partial charge < -0.3 is 15.6 Å². The molecule has 23 heavy (non-hydrogen) atoms. The number of hydrogen-bond donors (Lipinski definition) is 3. The van der Waals surface area contributed by atoms with Crippen LogP contribution in [0.15, 0.2) is 30.5 Å². The molecule has 122 valence electrons. The molecule has 3 N–H and O–H groups in total. The summed E-state index contributed by atoms with van der Waals surface area (Å²) >= 11 is 0. The van der Waals surface area contributed by atoms with E-state index >= 15 is 0 Å². The van der Waals surface area contributed by atoms with Gasteiger partial charge in [-0.2, -0.15) is 0 Å². The molecule has 0 spiro atoms. The number of Topliss-reactive ketones (excluding diaryl/α,β-unsaturated/α-hetero) is 1. The number of hydrogen-bond acceptors (Lipinski definition) is 3. The van der Waals surface area contributed by atoms with Crippen molar-refractivity contribution in [3.05, 3.63) is 52.8 Å². The molecule has 0 unspecified atom stereocenters. The Morgan fingerprint density at radius 3 is 2.65 bits per heavy atom. The summed E-state index contributed by atoms with van der Waals surface area (Å²) in [5.41, 5.74) is 3.76. The summed E-state index contributed by atoms with van der Waals surface area (Å²) in [6, 6.07) is 7.66. The normalized spacial score (nSPS) is 13.2. The second-order valence-electron chi connectivity index (χ2n) is 5.51. The number of rotatable bonds is 4. The Bertz CT molecular complexity index is 707. The second-order valence-corrected chi connectivity index (χ2v) is 5.51. The van der Waals surface area contributed by atoms with E-state index < -0.39 is 0 Å². The largest absolute Gasteiger partial charge is 0.364 e. The highest BCUT2D eigenvalue weighted by molar-refractivity contribution is 6.13. The third-order valence-electron chi connectivity index (χ3n) is 3.91. The molecule has 1 aromatic carbocycles. The predicted molar refractivity (Wildman–Crippen MR) is 92.5 cm³/mol. The Kier molecular flexibility index (Phi) is 5.58. The molecular formula is C17H20ClN3O2. The van der Waals surface area contributed by atoms with Gasteiger partial charge in [-0.05, 0) is 37.6 Å². The summed E-state index contributed by atoms with van der Waals surface area (Å²) in [4.78, 5) is 27.5. The van der Waals surface area contributed by atoms with Crippen molar-refractivity contribution in [2.24, 2.45) is 0 Å². The van der Waals surface area contributed by atoms with Crippen LogP contribution in [-0.4, -0.2) is 23.7 Å². The lowest BCUT2D eigenvalue weighted by atomic mass is 9.93. The number of carbonyl (C=O) groups excluding carboxylic acids is 2. The molecule has 0 bridgehead atoms. The summed E-state index contributed by atoms with van der Waals surface area (Å²) in [7, 11) is 1.89. The minimum absolute atomic E-state index is 0. The van der Waals surface area contributed by atoms with Crippen molar-refractivity contribution >= 4 is 29.8 Å². The Hall–Kier alpha value is -2.11. The van der Waals surface area contributed by atoms with Gasteiger partial charge in [0.25, 0.3) is 5.91 Å². The molecule has 0 saturated carbocycles. The minimum Gasteiger partial charge on any atom is -0.364 e. The zero-order chi connectivity index (χ0) is 15.5. The van der Waals surface area contributed by atoms with Crippen molar-refractivity contribution in [2.75, 3.05) is 12.4 Å². The van der Waals surface area contributed by atoms with E-state index in [4.69, 9.17) is 0 Å². The van der Waals surface area contributed by atoms with E-state index in [0.29, 0.717) is 17.5 Å². The van der Waals surface area contributed by atoms with Crippen LogP contribution in [0.2, 0.25) is 0 Å². The summed E-state index contributed by atoms with van der Waals surface area (Å²) in [5.74, 6) is -0.189. The molecule has 1 aliphatic rings. The van der Waals surface area contributed by atoms with Gasteiger partial charge in [0.1, 0.15) is 0 Å². The lowest BCUT2D eigenvalue weighted by Crippen LogP contribution is -2.18. The van der Waals surface area contributed by atoms with Gasteiger partial charge >= 0.3 is 0 Å². The molecule has 2 aromatic rings. The molecule has 1 aliphatic carbocycles. The smallest absolute Gasteiger partial charge is 0.257 e. The molecule has 0 saturated heterocycles. The maximum absolute atomic E-state index is 12.4. The van der Waals surface area contributed by atoms with Crippen molar-refractivity contribution in [3.63, 3.8) is 0 Å². The number of ketones is 1. The first kappa shape index (κ1) is 17.2. The van der Waals surface area contributed by atoms with Gasteiger partial charge in [0, 0.05) is 30.5 Å². The number of nitrogens with one attached hydrogen (secondary N) is 3. The summed E-state index contributed by atoms with van der Waals surface area (Å²) in [5, 5.41) is 5.93. The zero-order valence-corrected chi connectivity index (χ0v) is 13.8. The van der Waals surface area contributed by atoms with E-state index in [1.54, 1.807) is 6.20 Å². The van der Waals surface area contributed by atoms with Crippen LogP contribution in [0.4, 0.5) is 5.69 Å². The molecule has 1 aromatic heterocycles. The number of benzene rings is 1. The van der Waals surface area contributed by atoms with E-state index in [1.807, 2.05) is 31.3 Å². The molecule has 0 aliphatic heterocycles. The van der Waals surface area contributed by atoms with E-state index in [-0.39, 0.29) is 24.1 Å². The highest BCUT2D eigenvalue weighted by atomic mass is 35.5. The quantitative estimate of drug-likeness (QED) is 0.805. The van der Waals surface area contributed by atoms with Gasteiger partial charge in [-0.25, -0.2) is 0 Å². The van der Waals surface area contributed by atoms with Crippen molar-refractivity contribution in [3.8, 4) is 0 Å². The average Bonchev–Trinajstić information content (AvgIpc) is 2.95. The third kappa shape index (κ3) is 3.63. The van der Waals surface area contributed by atoms with Crippen molar-refractivity contribution < 1.29 is 9.59 Å². The van der Waals surface area contributed by atoms with Gasteiger partial charge in [-0.3, -0.25) is 9.59 Å². The first-order valence-corrected chi connectivity index (χ1v) is 7.47. The van der Waals surface area contributed by atoms with Crippen LogP contribution >= 0.6 is 12.4 Å². The number of halogens is 1. The number of carbonyl (C=O) groups is 2. The zero-order valence-electron chi connectivity index (χ0n) is 12.9. The SMILES string of the molecule is CNCc1ccc(NC(=O)c2c[nH]c3c2C(=O)CCC3)cc1.Cl. The predicted octanol–water partition coefficient (Wildman–Crippen LogP) is 2.93. The number of fused-ring (bicyclic) bond motifs is 1. The van der Waals surface area contributed by atoms with Crippen molar-refractivity contribution in [2.45, 2.75) is 25.8 Å². The van der Waals surface area contributed by atoms with E-state index in [0.717, 1.165) is 36.3 Å². The van der Waals surface area contributed by atoms with Crippen LogP contribution in [-0.2, 0) is 13.0 Å². The average molecular weight is 334 g/mol. The summed E-state index contributed by atoms with van der Waals surface area (Å²) < 4.78 is 0. The van der Waals surface area contributed by atoms with Crippen LogP contribution in [0.3, 0.4) is 0 Å². The number of anilines is 1. The highest BCUT2D eigenvalue weighted by Gasteiger charge is 2.25. The fourth-order valence-corrected chi connectivity index (χ4v) is 2.82. The maximum atomic E-state index is 12.4. The molecule has 0 radical (unpaired) electrons.